The van der Waals surface area contributed by atoms with Crippen LogP contribution < -0.4 is 14.8 Å². The summed E-state index contributed by atoms with van der Waals surface area (Å²) < 4.78 is 10.1. The van der Waals surface area contributed by atoms with Crippen LogP contribution in [0.1, 0.15) is 10.4 Å². The Morgan fingerprint density at radius 3 is 2.20 bits per heavy atom. The van der Waals surface area contributed by atoms with Gasteiger partial charge in [-0.15, -0.1) is 0 Å². The molecule has 0 aliphatic heterocycles. The fourth-order valence-electron chi connectivity index (χ4n) is 1.15. The third-order valence-corrected chi connectivity index (χ3v) is 1.90. The zero-order valence-electron chi connectivity index (χ0n) is 8.87. The molecule has 81 valence electrons. The molecule has 0 aromatic heterocycles. The molecule has 0 aliphatic rings. The molecule has 4 nitrogen and oxygen atoms in total. The molecule has 0 atom stereocenters. The number of carbonyl (C=O) groups excluding carboxylic acids is 1. The van der Waals surface area contributed by atoms with Crippen LogP contribution in [0.2, 0.25) is 0 Å². The highest BCUT2D eigenvalue weighted by molar-refractivity contribution is 5.95. The van der Waals surface area contributed by atoms with Crippen molar-refractivity contribution < 1.29 is 14.3 Å². The highest BCUT2D eigenvalue weighted by atomic mass is 16.5. The van der Waals surface area contributed by atoms with Crippen molar-refractivity contribution in [2.24, 2.45) is 0 Å². The Bertz CT molecular complexity index is 327. The van der Waals surface area contributed by atoms with Gasteiger partial charge in [-0.2, -0.15) is 0 Å². The van der Waals surface area contributed by atoms with Gasteiger partial charge in [0.1, 0.15) is 11.5 Å². The van der Waals surface area contributed by atoms with E-state index in [-0.39, 0.29) is 5.91 Å². The zero-order valence-corrected chi connectivity index (χ0v) is 8.87. The summed E-state index contributed by atoms with van der Waals surface area (Å²) in [5, 5.41) is 2.60. The van der Waals surface area contributed by atoms with Gasteiger partial charge in [0, 0.05) is 18.2 Å². The van der Waals surface area contributed by atoms with Gasteiger partial charge in [-0.25, -0.2) is 0 Å². The van der Waals surface area contributed by atoms with Gasteiger partial charge in [-0.05, 0) is 19.1 Å². The first-order valence-corrected chi connectivity index (χ1v) is 4.51. The van der Waals surface area contributed by atoms with E-state index in [9.17, 15) is 4.79 Å². The van der Waals surface area contributed by atoms with E-state index in [2.05, 4.69) is 12.2 Å². The van der Waals surface area contributed by atoms with E-state index in [1.54, 1.807) is 18.2 Å². The molecule has 0 heterocycles. The molecule has 0 saturated carbocycles. The maximum Gasteiger partial charge on any atom is 0.251 e. The third-order valence-electron chi connectivity index (χ3n) is 1.90. The highest BCUT2D eigenvalue weighted by Gasteiger charge is 2.08. The molecule has 1 rings (SSSR count). The largest absolute Gasteiger partial charge is 0.497 e. The molecule has 0 fully saturated rings. The van der Waals surface area contributed by atoms with Crippen LogP contribution in [0.25, 0.3) is 0 Å². The first kappa shape index (κ1) is 11.4. The fraction of sp³-hybridized carbons (Fsp3) is 0.273. The van der Waals surface area contributed by atoms with Crippen molar-refractivity contribution >= 4 is 5.91 Å². The molecule has 1 amide bonds. The Balaban J connectivity index is 3.01. The lowest BCUT2D eigenvalue weighted by Gasteiger charge is -2.07. The average Bonchev–Trinajstić information content (AvgIpc) is 2.28. The van der Waals surface area contributed by atoms with Gasteiger partial charge in [-0.1, -0.05) is 0 Å². The van der Waals surface area contributed by atoms with Crippen molar-refractivity contribution in [1.29, 1.82) is 0 Å². The standard InChI is InChI=1S/C11H14NO3/c1-4-12-11(13)8-5-9(14-2)7-10(6-8)15-3/h5-7H,1,4H2,2-3H3,(H,12,13). The minimum absolute atomic E-state index is 0.192. The number of carbonyl (C=O) groups is 1. The maximum atomic E-state index is 11.5. The van der Waals surface area contributed by atoms with Crippen molar-refractivity contribution in [1.82, 2.24) is 5.32 Å². The summed E-state index contributed by atoms with van der Waals surface area (Å²) in [5.41, 5.74) is 0.495. The Morgan fingerprint density at radius 2 is 1.80 bits per heavy atom. The van der Waals surface area contributed by atoms with Gasteiger partial charge >= 0.3 is 0 Å². The van der Waals surface area contributed by atoms with Crippen molar-refractivity contribution in [2.75, 3.05) is 20.8 Å². The predicted molar refractivity (Wildman–Crippen MR) is 57.2 cm³/mol. The summed E-state index contributed by atoms with van der Waals surface area (Å²) in [6, 6.07) is 5.00. The smallest absolute Gasteiger partial charge is 0.251 e. The van der Waals surface area contributed by atoms with Gasteiger partial charge in [-0.3, -0.25) is 4.79 Å². The average molecular weight is 208 g/mol. The van der Waals surface area contributed by atoms with Crippen LogP contribution in [0, 0.1) is 6.92 Å². The summed E-state index contributed by atoms with van der Waals surface area (Å²) in [7, 11) is 3.08. The van der Waals surface area contributed by atoms with Crippen LogP contribution in [0.15, 0.2) is 18.2 Å². The molecule has 1 aromatic rings. The predicted octanol–water partition coefficient (Wildman–Crippen LogP) is 1.27. The van der Waals surface area contributed by atoms with E-state index in [4.69, 9.17) is 9.47 Å². The van der Waals surface area contributed by atoms with E-state index in [0.717, 1.165) is 0 Å². The van der Waals surface area contributed by atoms with Gasteiger partial charge in [0.15, 0.2) is 0 Å². The summed E-state index contributed by atoms with van der Waals surface area (Å²) in [6.45, 7) is 3.89. The number of methoxy groups -OCH3 is 2. The van der Waals surface area contributed by atoms with Gasteiger partial charge in [0.05, 0.1) is 14.2 Å². The molecular formula is C11H14NO3. The van der Waals surface area contributed by atoms with Gasteiger partial charge < -0.3 is 14.8 Å². The summed E-state index contributed by atoms with van der Waals surface area (Å²) in [4.78, 5) is 11.5. The quantitative estimate of drug-likeness (QED) is 0.810. The highest BCUT2D eigenvalue weighted by Crippen LogP contribution is 2.22. The second-order valence-electron chi connectivity index (χ2n) is 2.86. The second kappa shape index (κ2) is 5.24. The molecule has 15 heavy (non-hydrogen) atoms. The van der Waals surface area contributed by atoms with Crippen molar-refractivity contribution in [2.45, 2.75) is 0 Å². The summed E-state index contributed by atoms with van der Waals surface area (Å²) in [5.74, 6) is 0.981. The molecule has 1 radical (unpaired) electrons. The monoisotopic (exact) mass is 208 g/mol. The van der Waals surface area contributed by atoms with Crippen LogP contribution in [0.3, 0.4) is 0 Å². The normalized spacial score (nSPS) is 9.53. The first-order valence-electron chi connectivity index (χ1n) is 4.51. The third kappa shape index (κ3) is 2.87. The fourth-order valence-corrected chi connectivity index (χ4v) is 1.15. The van der Waals surface area contributed by atoms with E-state index in [0.29, 0.717) is 23.6 Å². The Labute approximate surface area is 89.2 Å². The van der Waals surface area contributed by atoms with Gasteiger partial charge in [0.25, 0.3) is 5.91 Å². The molecule has 0 aliphatic carbocycles. The molecule has 1 aromatic carbocycles. The van der Waals surface area contributed by atoms with Gasteiger partial charge in [0.2, 0.25) is 0 Å². The van der Waals surface area contributed by atoms with Crippen molar-refractivity contribution in [3.8, 4) is 11.5 Å². The number of nitrogens with one attached hydrogen (secondary N) is 1. The summed E-state index contributed by atoms with van der Waals surface area (Å²) in [6.07, 6.45) is 0. The lowest BCUT2D eigenvalue weighted by molar-refractivity contribution is 0.0957. The number of benzene rings is 1. The first-order chi connectivity index (χ1) is 7.21. The van der Waals surface area contributed by atoms with Crippen LogP contribution in [-0.4, -0.2) is 26.7 Å². The molecule has 0 unspecified atom stereocenters. The van der Waals surface area contributed by atoms with E-state index in [1.807, 2.05) is 0 Å². The SMILES string of the molecule is [CH2]CNC(=O)c1cc(OC)cc(OC)c1. The Morgan fingerprint density at radius 1 is 1.27 bits per heavy atom. The van der Waals surface area contributed by atoms with E-state index >= 15 is 0 Å². The lowest BCUT2D eigenvalue weighted by atomic mass is 10.2. The number of rotatable bonds is 4. The Hall–Kier alpha value is -1.71. The lowest BCUT2D eigenvalue weighted by Crippen LogP contribution is -2.22. The van der Waals surface area contributed by atoms with Crippen LogP contribution in [-0.2, 0) is 0 Å². The molecule has 0 bridgehead atoms. The Kier molecular flexibility index (Phi) is 3.97. The van der Waals surface area contributed by atoms with Crippen LogP contribution in [0.5, 0.6) is 11.5 Å². The number of hydrogen-bond acceptors (Lipinski definition) is 3. The molecule has 0 saturated heterocycles. The molecule has 0 spiro atoms. The second-order valence-corrected chi connectivity index (χ2v) is 2.86. The zero-order chi connectivity index (χ0) is 11.3. The maximum absolute atomic E-state index is 11.5. The van der Waals surface area contributed by atoms with E-state index in [1.165, 1.54) is 14.2 Å². The summed E-state index contributed by atoms with van der Waals surface area (Å²) >= 11 is 0. The van der Waals surface area contributed by atoms with Crippen molar-refractivity contribution in [3.05, 3.63) is 30.7 Å². The molecule has 1 N–H and O–H groups in total. The van der Waals surface area contributed by atoms with Crippen LogP contribution >= 0.6 is 0 Å². The minimum atomic E-state index is -0.192. The number of ether oxygens (including phenoxy) is 2. The molecular weight excluding hydrogens is 194 g/mol. The van der Waals surface area contributed by atoms with Crippen LogP contribution in [0.4, 0.5) is 0 Å². The minimum Gasteiger partial charge on any atom is -0.497 e. The van der Waals surface area contributed by atoms with Crippen molar-refractivity contribution in [3.63, 3.8) is 0 Å². The topological polar surface area (TPSA) is 47.6 Å². The number of amides is 1. The van der Waals surface area contributed by atoms with E-state index < -0.39 is 0 Å². The molecule has 4 heteroatoms. The number of hydrogen-bond donors (Lipinski definition) is 1.